The van der Waals surface area contributed by atoms with Crippen molar-refractivity contribution < 1.29 is 4.79 Å². The van der Waals surface area contributed by atoms with Crippen LogP contribution in [0.15, 0.2) is 46.9 Å². The Kier molecular flexibility index (Phi) is 5.88. The Morgan fingerprint density at radius 3 is 2.96 bits per heavy atom. The zero-order valence-electron chi connectivity index (χ0n) is 14.2. The largest absolute Gasteiger partial charge is 0.325 e. The van der Waals surface area contributed by atoms with Gasteiger partial charge in [0, 0.05) is 17.0 Å². The highest BCUT2D eigenvalue weighted by atomic mass is 32.2. The molecule has 0 unspecified atom stereocenters. The Morgan fingerprint density at radius 2 is 2.20 bits per heavy atom. The van der Waals surface area contributed by atoms with E-state index in [9.17, 15) is 4.79 Å². The third kappa shape index (κ3) is 5.17. The maximum Gasteiger partial charge on any atom is 0.234 e. The van der Waals surface area contributed by atoms with E-state index in [2.05, 4.69) is 46.5 Å². The summed E-state index contributed by atoms with van der Waals surface area (Å²) in [4.78, 5) is 17.8. The molecule has 0 aliphatic rings. The average Bonchev–Trinajstić information content (AvgIpc) is 3.25. The van der Waals surface area contributed by atoms with Gasteiger partial charge in [0.15, 0.2) is 0 Å². The molecule has 0 saturated heterocycles. The summed E-state index contributed by atoms with van der Waals surface area (Å²) in [6.45, 7) is 4.27. The number of benzene rings is 1. The number of thioether (sulfide) groups is 1. The van der Waals surface area contributed by atoms with Crippen LogP contribution in [-0.2, 0) is 11.2 Å². The molecule has 0 aliphatic heterocycles. The number of aromatic nitrogens is 3. The molecule has 1 amide bonds. The molecular weight excluding hydrogens is 352 g/mol. The maximum absolute atomic E-state index is 12.1. The Labute approximate surface area is 155 Å². The van der Waals surface area contributed by atoms with Gasteiger partial charge in [-0.2, -0.15) is 0 Å². The van der Waals surface area contributed by atoms with E-state index in [1.165, 1.54) is 22.2 Å². The molecule has 25 heavy (non-hydrogen) atoms. The van der Waals surface area contributed by atoms with Crippen LogP contribution >= 0.6 is 23.1 Å². The van der Waals surface area contributed by atoms with Crippen LogP contribution in [0.2, 0.25) is 0 Å². The number of carbonyl (C=O) groups is 1. The molecule has 0 radical (unpaired) electrons. The minimum atomic E-state index is -0.0597. The first-order valence-corrected chi connectivity index (χ1v) is 9.93. The van der Waals surface area contributed by atoms with E-state index in [4.69, 9.17) is 0 Å². The Morgan fingerprint density at radius 1 is 1.32 bits per heavy atom. The summed E-state index contributed by atoms with van der Waals surface area (Å²) in [7, 11) is 0. The zero-order valence-corrected chi connectivity index (χ0v) is 15.8. The van der Waals surface area contributed by atoms with Gasteiger partial charge in [0.1, 0.15) is 5.82 Å². The van der Waals surface area contributed by atoms with E-state index in [0.29, 0.717) is 11.1 Å². The van der Waals surface area contributed by atoms with Gasteiger partial charge in [-0.05, 0) is 35.1 Å². The monoisotopic (exact) mass is 372 g/mol. The fourth-order valence-electron chi connectivity index (χ4n) is 2.30. The second kappa shape index (κ2) is 8.31. The Bertz CT molecular complexity index is 827. The van der Waals surface area contributed by atoms with Crippen molar-refractivity contribution in [2.24, 2.45) is 0 Å². The van der Waals surface area contributed by atoms with Gasteiger partial charge < -0.3 is 5.32 Å². The lowest BCUT2D eigenvalue weighted by atomic mass is 10.0. The van der Waals surface area contributed by atoms with Gasteiger partial charge in [0.25, 0.3) is 0 Å². The van der Waals surface area contributed by atoms with Gasteiger partial charge in [-0.3, -0.25) is 9.89 Å². The Hall–Kier alpha value is -2.12. The van der Waals surface area contributed by atoms with Gasteiger partial charge in [-0.25, -0.2) is 4.98 Å². The summed E-state index contributed by atoms with van der Waals surface area (Å²) >= 11 is 3.02. The summed E-state index contributed by atoms with van der Waals surface area (Å²) in [5.74, 6) is 1.47. The molecule has 0 saturated carbocycles. The molecule has 0 bridgehead atoms. The molecule has 1 aromatic carbocycles. The summed E-state index contributed by atoms with van der Waals surface area (Å²) in [5, 5.41) is 12.7. The minimum Gasteiger partial charge on any atom is -0.325 e. The number of nitrogens with zero attached hydrogens (tertiary/aromatic N) is 2. The minimum absolute atomic E-state index is 0.0597. The normalized spacial score (nSPS) is 11.0. The topological polar surface area (TPSA) is 70.7 Å². The lowest BCUT2D eigenvalue weighted by Crippen LogP contribution is -2.14. The quantitative estimate of drug-likeness (QED) is 0.606. The summed E-state index contributed by atoms with van der Waals surface area (Å²) in [6, 6.07) is 12.0. The van der Waals surface area contributed by atoms with Crippen molar-refractivity contribution in [1.82, 2.24) is 15.2 Å². The first-order valence-electron chi connectivity index (χ1n) is 8.06. The molecule has 0 spiro atoms. The van der Waals surface area contributed by atoms with E-state index in [1.807, 2.05) is 29.6 Å². The van der Waals surface area contributed by atoms with E-state index < -0.39 is 0 Å². The number of nitrogens with one attached hydrogen (secondary N) is 2. The van der Waals surface area contributed by atoms with Crippen LogP contribution in [0, 0.1) is 0 Å². The van der Waals surface area contributed by atoms with Crippen LogP contribution in [0.25, 0.3) is 0 Å². The van der Waals surface area contributed by atoms with Crippen LogP contribution < -0.4 is 5.32 Å². The van der Waals surface area contributed by atoms with Crippen LogP contribution in [0.5, 0.6) is 0 Å². The molecule has 2 N–H and O–H groups in total. The van der Waals surface area contributed by atoms with Crippen LogP contribution in [0.4, 0.5) is 5.69 Å². The first-order chi connectivity index (χ1) is 12.1. The van der Waals surface area contributed by atoms with E-state index in [0.717, 1.165) is 17.9 Å². The smallest absolute Gasteiger partial charge is 0.234 e. The highest BCUT2D eigenvalue weighted by Crippen LogP contribution is 2.20. The summed E-state index contributed by atoms with van der Waals surface area (Å²) in [6.07, 6.45) is 0.736. The van der Waals surface area contributed by atoms with Crippen molar-refractivity contribution in [2.75, 3.05) is 11.1 Å². The summed E-state index contributed by atoms with van der Waals surface area (Å²) in [5.41, 5.74) is 2.03. The number of carbonyl (C=O) groups excluding carboxylic acids is 1. The lowest BCUT2D eigenvalue weighted by molar-refractivity contribution is -0.113. The van der Waals surface area contributed by atoms with Crippen molar-refractivity contribution >= 4 is 34.7 Å². The van der Waals surface area contributed by atoms with Crippen LogP contribution in [0.1, 0.15) is 36.0 Å². The number of anilines is 1. The highest BCUT2D eigenvalue weighted by Gasteiger charge is 2.09. The number of hydrogen-bond donors (Lipinski definition) is 2. The van der Waals surface area contributed by atoms with Crippen molar-refractivity contribution in [2.45, 2.75) is 31.3 Å². The second-order valence-electron chi connectivity index (χ2n) is 5.94. The fourth-order valence-corrected chi connectivity index (χ4v) is 3.63. The van der Waals surface area contributed by atoms with E-state index in [1.54, 1.807) is 11.3 Å². The van der Waals surface area contributed by atoms with Crippen molar-refractivity contribution in [3.8, 4) is 0 Å². The zero-order chi connectivity index (χ0) is 17.6. The van der Waals surface area contributed by atoms with Gasteiger partial charge >= 0.3 is 0 Å². The van der Waals surface area contributed by atoms with Gasteiger partial charge in [-0.15, -0.1) is 16.4 Å². The van der Waals surface area contributed by atoms with Crippen LogP contribution in [-0.4, -0.2) is 26.8 Å². The number of aromatic amines is 1. The first kappa shape index (κ1) is 17.7. The molecule has 3 rings (SSSR count). The molecule has 2 aromatic heterocycles. The molecule has 7 heteroatoms. The molecular formula is C18H20N4OS2. The fraction of sp³-hybridized carbons (Fsp3) is 0.278. The lowest BCUT2D eigenvalue weighted by Gasteiger charge is -2.09. The Balaban J connectivity index is 1.51. The molecule has 0 fully saturated rings. The second-order valence-corrected chi connectivity index (χ2v) is 7.91. The number of amides is 1. The van der Waals surface area contributed by atoms with E-state index in [-0.39, 0.29) is 11.7 Å². The SMILES string of the molecule is CC(C)c1cccc(NC(=O)CSc2n[nH]c(Cc3cccs3)n2)c1. The van der Waals surface area contributed by atoms with Gasteiger partial charge in [-0.1, -0.05) is 43.8 Å². The van der Waals surface area contributed by atoms with Crippen molar-refractivity contribution in [1.29, 1.82) is 0 Å². The van der Waals surface area contributed by atoms with E-state index >= 15 is 0 Å². The molecule has 2 heterocycles. The molecule has 5 nitrogen and oxygen atoms in total. The number of hydrogen-bond acceptors (Lipinski definition) is 5. The van der Waals surface area contributed by atoms with Crippen molar-refractivity contribution in [3.63, 3.8) is 0 Å². The molecule has 0 atom stereocenters. The van der Waals surface area contributed by atoms with Crippen molar-refractivity contribution in [3.05, 3.63) is 58.0 Å². The summed E-state index contributed by atoms with van der Waals surface area (Å²) < 4.78 is 0. The van der Waals surface area contributed by atoms with Gasteiger partial charge in [0.2, 0.25) is 11.1 Å². The maximum atomic E-state index is 12.1. The number of H-pyrrole nitrogens is 1. The number of thiophene rings is 1. The third-order valence-corrected chi connectivity index (χ3v) is 5.33. The molecule has 3 aromatic rings. The highest BCUT2D eigenvalue weighted by molar-refractivity contribution is 7.99. The number of rotatable bonds is 7. The molecule has 0 aliphatic carbocycles. The standard InChI is InChI=1S/C18H20N4OS2/c1-12(2)13-5-3-6-14(9-13)19-17(23)11-25-18-20-16(21-22-18)10-15-7-4-8-24-15/h3-9,12H,10-11H2,1-2H3,(H,19,23)(H,20,21,22). The van der Waals surface area contributed by atoms with Crippen LogP contribution in [0.3, 0.4) is 0 Å². The predicted octanol–water partition coefficient (Wildman–Crippen LogP) is 4.31. The predicted molar refractivity (Wildman–Crippen MR) is 103 cm³/mol. The third-order valence-electron chi connectivity index (χ3n) is 3.60. The molecule has 130 valence electrons. The average molecular weight is 373 g/mol. The van der Waals surface area contributed by atoms with Gasteiger partial charge in [0.05, 0.1) is 5.75 Å².